The van der Waals surface area contributed by atoms with Crippen molar-refractivity contribution in [2.24, 2.45) is 0 Å². The summed E-state index contributed by atoms with van der Waals surface area (Å²) in [4.78, 5) is 13.6. The third kappa shape index (κ3) is 2.62. The van der Waals surface area contributed by atoms with Crippen LogP contribution in [0.4, 0.5) is 0 Å². The van der Waals surface area contributed by atoms with Gasteiger partial charge in [-0.1, -0.05) is 22.9 Å². The van der Waals surface area contributed by atoms with Gasteiger partial charge in [0.15, 0.2) is 0 Å². The highest BCUT2D eigenvalue weighted by atomic mass is 79.9. The number of hydrogen-bond donors (Lipinski definition) is 2. The van der Waals surface area contributed by atoms with E-state index in [1.54, 1.807) is 12.1 Å². The van der Waals surface area contributed by atoms with Gasteiger partial charge >= 0.3 is 5.97 Å². The molecule has 0 aliphatic carbocycles. The van der Waals surface area contributed by atoms with Gasteiger partial charge in [0.2, 0.25) is 0 Å². The number of halogens is 1. The quantitative estimate of drug-likeness (QED) is 0.892. The zero-order chi connectivity index (χ0) is 14.0. The van der Waals surface area contributed by atoms with E-state index < -0.39 is 11.5 Å². The maximum atomic E-state index is 11.6. The predicted octanol–water partition coefficient (Wildman–Crippen LogP) is 2.98. The molecule has 1 aliphatic rings. The molecule has 1 unspecified atom stereocenters. The number of phenols is 1. The Bertz CT molecular complexity index is 492. The van der Waals surface area contributed by atoms with Gasteiger partial charge in [-0.2, -0.15) is 0 Å². The first kappa shape index (κ1) is 14.3. The summed E-state index contributed by atoms with van der Waals surface area (Å²) in [5.74, 6) is -0.549. The van der Waals surface area contributed by atoms with E-state index >= 15 is 0 Å². The van der Waals surface area contributed by atoms with Crippen LogP contribution in [-0.2, 0) is 11.3 Å². The van der Waals surface area contributed by atoms with E-state index in [0.717, 1.165) is 23.0 Å². The molecular weight excluding hydrogens is 310 g/mol. The van der Waals surface area contributed by atoms with Crippen LogP contribution in [0.3, 0.4) is 0 Å². The number of likely N-dealkylation sites (tertiary alicyclic amines) is 1. The molecule has 1 heterocycles. The molecule has 1 aromatic carbocycles. The molecule has 0 amide bonds. The molecule has 1 aromatic rings. The molecule has 0 bridgehead atoms. The van der Waals surface area contributed by atoms with Crippen molar-refractivity contribution in [1.82, 2.24) is 4.90 Å². The second kappa shape index (κ2) is 5.51. The summed E-state index contributed by atoms with van der Waals surface area (Å²) in [6.07, 6.45) is 2.14. The van der Waals surface area contributed by atoms with Gasteiger partial charge in [0.05, 0.1) is 0 Å². The first-order valence-corrected chi connectivity index (χ1v) is 7.25. The van der Waals surface area contributed by atoms with E-state index in [0.29, 0.717) is 19.4 Å². The second-order valence-corrected chi connectivity index (χ2v) is 5.90. The fourth-order valence-corrected chi connectivity index (χ4v) is 3.25. The highest BCUT2D eigenvalue weighted by Gasteiger charge is 2.46. The van der Waals surface area contributed by atoms with Crippen molar-refractivity contribution >= 4 is 21.9 Å². The molecule has 4 nitrogen and oxygen atoms in total. The first-order chi connectivity index (χ1) is 8.99. The van der Waals surface area contributed by atoms with Gasteiger partial charge in [0.25, 0.3) is 0 Å². The van der Waals surface area contributed by atoms with Crippen molar-refractivity contribution in [1.29, 1.82) is 0 Å². The summed E-state index contributed by atoms with van der Waals surface area (Å²) >= 11 is 3.37. The molecule has 2 N–H and O–H groups in total. The molecule has 0 aromatic heterocycles. The third-order valence-electron chi connectivity index (χ3n) is 4.01. The lowest BCUT2D eigenvalue weighted by atomic mass is 9.92. The van der Waals surface area contributed by atoms with Crippen LogP contribution in [0.15, 0.2) is 22.7 Å². The van der Waals surface area contributed by atoms with Crippen LogP contribution in [0.1, 0.15) is 31.7 Å². The van der Waals surface area contributed by atoms with Crippen LogP contribution in [0.2, 0.25) is 0 Å². The maximum absolute atomic E-state index is 11.6. The zero-order valence-corrected chi connectivity index (χ0v) is 12.5. The average Bonchev–Trinajstić information content (AvgIpc) is 2.78. The normalized spacial score (nSPS) is 23.7. The number of hydrogen-bond acceptors (Lipinski definition) is 3. The van der Waals surface area contributed by atoms with Crippen LogP contribution in [-0.4, -0.2) is 33.2 Å². The van der Waals surface area contributed by atoms with Crippen LogP contribution in [0.5, 0.6) is 5.75 Å². The number of carboxylic acids is 1. The molecular formula is C14H18BrNO3. The molecule has 1 fully saturated rings. The fraction of sp³-hybridized carbons (Fsp3) is 0.500. The molecule has 1 atom stereocenters. The number of aliphatic carboxylic acids is 1. The van der Waals surface area contributed by atoms with E-state index in [2.05, 4.69) is 15.9 Å². The van der Waals surface area contributed by atoms with Crippen LogP contribution in [0, 0.1) is 0 Å². The Morgan fingerprint density at radius 3 is 2.89 bits per heavy atom. The number of nitrogens with zero attached hydrogens (tertiary/aromatic N) is 1. The monoisotopic (exact) mass is 327 g/mol. The van der Waals surface area contributed by atoms with Gasteiger partial charge in [0.1, 0.15) is 11.3 Å². The summed E-state index contributed by atoms with van der Waals surface area (Å²) in [5.41, 5.74) is -0.0234. The van der Waals surface area contributed by atoms with E-state index in [1.165, 1.54) is 0 Å². The predicted molar refractivity (Wildman–Crippen MR) is 76.1 cm³/mol. The van der Waals surface area contributed by atoms with Crippen LogP contribution < -0.4 is 0 Å². The van der Waals surface area contributed by atoms with Crippen molar-refractivity contribution in [2.45, 2.75) is 38.3 Å². The molecule has 0 spiro atoms. The maximum Gasteiger partial charge on any atom is 0.324 e. The molecule has 104 valence electrons. The van der Waals surface area contributed by atoms with Crippen molar-refractivity contribution < 1.29 is 15.0 Å². The fourth-order valence-electron chi connectivity index (χ4n) is 2.85. The van der Waals surface area contributed by atoms with Gasteiger partial charge in [-0.15, -0.1) is 0 Å². The van der Waals surface area contributed by atoms with E-state index in [-0.39, 0.29) is 5.75 Å². The lowest BCUT2D eigenvalue weighted by molar-refractivity contribution is -0.150. The van der Waals surface area contributed by atoms with Gasteiger partial charge < -0.3 is 10.2 Å². The first-order valence-electron chi connectivity index (χ1n) is 6.45. The number of benzene rings is 1. The van der Waals surface area contributed by atoms with Crippen molar-refractivity contribution in [3.63, 3.8) is 0 Å². The minimum absolute atomic E-state index is 0.213. The third-order valence-corrected chi connectivity index (χ3v) is 4.50. The summed E-state index contributed by atoms with van der Waals surface area (Å²) < 4.78 is 0.886. The van der Waals surface area contributed by atoms with Crippen LogP contribution in [0.25, 0.3) is 0 Å². The average molecular weight is 328 g/mol. The van der Waals surface area contributed by atoms with E-state index in [1.807, 2.05) is 17.9 Å². The Balaban J connectivity index is 2.27. The van der Waals surface area contributed by atoms with Gasteiger partial charge in [0, 0.05) is 16.6 Å². The molecule has 0 radical (unpaired) electrons. The number of aromatic hydroxyl groups is 1. The molecule has 5 heteroatoms. The lowest BCUT2D eigenvalue weighted by Crippen LogP contribution is -2.49. The Morgan fingerprint density at radius 2 is 2.26 bits per heavy atom. The minimum atomic E-state index is -0.783. The zero-order valence-electron chi connectivity index (χ0n) is 10.9. The number of phenolic OH excluding ortho intramolecular Hbond substituents is 1. The second-order valence-electron chi connectivity index (χ2n) is 4.99. The molecule has 2 rings (SSSR count). The summed E-state index contributed by atoms with van der Waals surface area (Å²) in [6, 6.07) is 5.24. The van der Waals surface area contributed by atoms with Crippen molar-refractivity contribution in [2.75, 3.05) is 6.54 Å². The summed E-state index contributed by atoms with van der Waals surface area (Å²) in [5, 5.41) is 19.4. The molecule has 0 saturated carbocycles. The molecule has 1 saturated heterocycles. The summed E-state index contributed by atoms with van der Waals surface area (Å²) in [7, 11) is 0. The van der Waals surface area contributed by atoms with E-state index in [9.17, 15) is 15.0 Å². The molecule has 1 aliphatic heterocycles. The highest BCUT2D eigenvalue weighted by Crippen LogP contribution is 2.35. The summed E-state index contributed by atoms with van der Waals surface area (Å²) in [6.45, 7) is 3.13. The lowest BCUT2D eigenvalue weighted by Gasteiger charge is -2.34. The number of carboxylic acid groups (broad SMARTS) is 1. The van der Waals surface area contributed by atoms with Crippen LogP contribution >= 0.6 is 15.9 Å². The molecule has 19 heavy (non-hydrogen) atoms. The van der Waals surface area contributed by atoms with Gasteiger partial charge in [-0.25, -0.2) is 0 Å². The standard InChI is InChI=1S/C14H18BrNO3/c1-2-14(13(18)19)6-3-7-16(14)9-10-8-11(15)4-5-12(10)17/h4-5,8,17H,2-3,6-7,9H2,1H3,(H,18,19). The van der Waals surface area contributed by atoms with Crippen molar-refractivity contribution in [3.05, 3.63) is 28.2 Å². The Morgan fingerprint density at radius 1 is 1.53 bits per heavy atom. The van der Waals surface area contributed by atoms with Gasteiger partial charge in [-0.3, -0.25) is 9.69 Å². The smallest absolute Gasteiger partial charge is 0.324 e. The number of rotatable bonds is 4. The number of carbonyl (C=O) groups is 1. The Labute approximate surface area is 121 Å². The topological polar surface area (TPSA) is 60.8 Å². The Hall–Kier alpha value is -1.07. The SMILES string of the molecule is CCC1(C(=O)O)CCCN1Cc1cc(Br)ccc1O. The minimum Gasteiger partial charge on any atom is -0.508 e. The highest BCUT2D eigenvalue weighted by molar-refractivity contribution is 9.10. The Kier molecular flexibility index (Phi) is 4.16. The van der Waals surface area contributed by atoms with Crippen molar-refractivity contribution in [3.8, 4) is 5.75 Å². The largest absolute Gasteiger partial charge is 0.508 e. The van der Waals surface area contributed by atoms with E-state index in [4.69, 9.17) is 0 Å². The van der Waals surface area contributed by atoms with Gasteiger partial charge in [-0.05, 0) is 44.0 Å².